The minimum Gasteiger partial charge on any atom is -0.493 e. The smallest absolute Gasteiger partial charge is 0.270 e. The number of fused-ring (bicyclic) bond motifs is 1. The summed E-state index contributed by atoms with van der Waals surface area (Å²) in [5.74, 6) is 0.961. The van der Waals surface area contributed by atoms with Crippen molar-refractivity contribution >= 4 is 21.4 Å². The van der Waals surface area contributed by atoms with E-state index in [1.54, 1.807) is 12.1 Å². The fraction of sp³-hybridized carbons (Fsp3) is 0.333. The molecule has 0 fully saturated rings. The van der Waals surface area contributed by atoms with Crippen molar-refractivity contribution in [3.05, 3.63) is 52.1 Å². The van der Waals surface area contributed by atoms with Crippen molar-refractivity contribution in [1.29, 1.82) is 0 Å². The zero-order valence-corrected chi connectivity index (χ0v) is 15.9. The Morgan fingerprint density at radius 3 is 2.44 bits per heavy atom. The van der Waals surface area contributed by atoms with Gasteiger partial charge in [-0.2, -0.15) is 0 Å². The number of sulfonamides is 1. The van der Waals surface area contributed by atoms with Gasteiger partial charge in [-0.25, -0.2) is 8.42 Å². The molecule has 2 aromatic carbocycles. The lowest BCUT2D eigenvalue weighted by Crippen LogP contribution is -2.32. The van der Waals surface area contributed by atoms with Gasteiger partial charge in [-0.1, -0.05) is 6.07 Å². The van der Waals surface area contributed by atoms with Gasteiger partial charge in [0.15, 0.2) is 11.5 Å². The molecule has 0 unspecified atom stereocenters. The van der Waals surface area contributed by atoms with Crippen LogP contribution in [0.4, 0.5) is 11.4 Å². The number of non-ortho nitro benzene ring substituents is 1. The number of anilines is 1. The highest BCUT2D eigenvalue weighted by atomic mass is 32.2. The molecule has 0 aliphatic carbocycles. The number of benzene rings is 2. The first kappa shape index (κ1) is 19.0. The van der Waals surface area contributed by atoms with Gasteiger partial charge in [0.05, 0.1) is 29.7 Å². The van der Waals surface area contributed by atoms with E-state index in [-0.39, 0.29) is 17.1 Å². The van der Waals surface area contributed by atoms with Crippen LogP contribution < -0.4 is 13.8 Å². The highest BCUT2D eigenvalue weighted by Gasteiger charge is 2.30. The van der Waals surface area contributed by atoms with E-state index in [1.807, 2.05) is 0 Å². The average molecular weight is 392 g/mol. The minimum absolute atomic E-state index is 0.112. The normalized spacial score (nSPS) is 14.2. The first-order valence-corrected chi connectivity index (χ1v) is 9.84. The summed E-state index contributed by atoms with van der Waals surface area (Å²) >= 11 is 0. The summed E-state index contributed by atoms with van der Waals surface area (Å²) in [5, 5.41) is 11.0. The standard InChI is InChI=1S/C18H20N2O6S/c1-25-17-10-13-6-3-4-9-19(16(13)12-18(17)26-2)27(23,24)15-8-5-7-14(11-15)20(21)22/h5,7-8,10-12H,3-4,6,9H2,1-2H3. The molecule has 0 saturated carbocycles. The van der Waals surface area contributed by atoms with Crippen LogP contribution in [0.5, 0.6) is 11.5 Å². The van der Waals surface area contributed by atoms with Crippen LogP contribution in [0, 0.1) is 10.1 Å². The maximum absolute atomic E-state index is 13.3. The van der Waals surface area contributed by atoms with E-state index in [0.717, 1.165) is 18.1 Å². The SMILES string of the molecule is COc1cc2c(cc1OC)N(S(=O)(=O)c1cccc([N+](=O)[O-])c1)CCCC2. The van der Waals surface area contributed by atoms with Crippen molar-refractivity contribution in [2.45, 2.75) is 24.2 Å². The number of rotatable bonds is 5. The number of nitro benzene ring substituents is 1. The van der Waals surface area contributed by atoms with Crippen LogP contribution in [0.1, 0.15) is 18.4 Å². The summed E-state index contributed by atoms with van der Waals surface area (Å²) in [6, 6.07) is 8.53. The Labute approximate surface area is 157 Å². The van der Waals surface area contributed by atoms with Crippen LogP contribution in [0.15, 0.2) is 41.3 Å². The Kier molecular flexibility index (Phi) is 5.22. The largest absolute Gasteiger partial charge is 0.493 e. The Balaban J connectivity index is 2.14. The van der Waals surface area contributed by atoms with Crippen LogP contribution in [-0.2, 0) is 16.4 Å². The van der Waals surface area contributed by atoms with Crippen molar-refractivity contribution in [2.75, 3.05) is 25.1 Å². The van der Waals surface area contributed by atoms with Crippen molar-refractivity contribution in [1.82, 2.24) is 0 Å². The van der Waals surface area contributed by atoms with Gasteiger partial charge in [0.1, 0.15) is 0 Å². The Morgan fingerprint density at radius 2 is 1.78 bits per heavy atom. The molecule has 8 nitrogen and oxygen atoms in total. The third-order valence-corrected chi connectivity index (χ3v) is 6.34. The highest BCUT2D eigenvalue weighted by Crippen LogP contribution is 2.39. The highest BCUT2D eigenvalue weighted by molar-refractivity contribution is 7.92. The summed E-state index contributed by atoms with van der Waals surface area (Å²) < 4.78 is 38.5. The van der Waals surface area contributed by atoms with E-state index < -0.39 is 14.9 Å². The minimum atomic E-state index is -3.97. The molecule has 0 saturated heterocycles. The molecule has 0 atom stereocenters. The molecule has 3 rings (SSSR count). The lowest BCUT2D eigenvalue weighted by molar-refractivity contribution is -0.385. The monoisotopic (exact) mass is 392 g/mol. The average Bonchev–Trinajstić information content (AvgIpc) is 2.89. The summed E-state index contributed by atoms with van der Waals surface area (Å²) in [6.45, 7) is 0.285. The first-order chi connectivity index (χ1) is 12.9. The summed E-state index contributed by atoms with van der Waals surface area (Å²) in [7, 11) is -0.954. The van der Waals surface area contributed by atoms with E-state index >= 15 is 0 Å². The van der Waals surface area contributed by atoms with Gasteiger partial charge in [-0.05, 0) is 37.0 Å². The van der Waals surface area contributed by atoms with E-state index in [1.165, 1.54) is 36.7 Å². The molecule has 0 amide bonds. The summed E-state index contributed by atoms with van der Waals surface area (Å²) in [4.78, 5) is 10.3. The lowest BCUT2D eigenvalue weighted by Gasteiger charge is -2.25. The van der Waals surface area contributed by atoms with Gasteiger partial charge in [-0.15, -0.1) is 0 Å². The Bertz CT molecular complexity index is 974. The predicted octanol–water partition coefficient (Wildman–Crippen LogP) is 3.14. The molecule has 0 aromatic heterocycles. The van der Waals surface area contributed by atoms with Crippen molar-refractivity contribution in [3.63, 3.8) is 0 Å². The summed E-state index contributed by atoms with van der Waals surface area (Å²) in [6.07, 6.45) is 2.20. The molecular weight excluding hydrogens is 372 g/mol. The third-order valence-electron chi connectivity index (χ3n) is 4.53. The van der Waals surface area contributed by atoms with Gasteiger partial charge in [0.2, 0.25) is 0 Å². The molecule has 0 N–H and O–H groups in total. The number of methoxy groups -OCH3 is 2. The second-order valence-corrected chi connectivity index (χ2v) is 7.99. The van der Waals surface area contributed by atoms with Crippen molar-refractivity contribution < 1.29 is 22.8 Å². The van der Waals surface area contributed by atoms with Gasteiger partial charge >= 0.3 is 0 Å². The van der Waals surface area contributed by atoms with Gasteiger partial charge in [-0.3, -0.25) is 14.4 Å². The number of nitro groups is 1. The third kappa shape index (κ3) is 3.55. The van der Waals surface area contributed by atoms with Gasteiger partial charge in [0.25, 0.3) is 15.7 Å². The second kappa shape index (κ2) is 7.43. The van der Waals surface area contributed by atoms with E-state index in [2.05, 4.69) is 0 Å². The van der Waals surface area contributed by atoms with Crippen LogP contribution in [-0.4, -0.2) is 34.1 Å². The zero-order chi connectivity index (χ0) is 19.6. The molecule has 1 heterocycles. The van der Waals surface area contributed by atoms with Crippen LogP contribution in [0.3, 0.4) is 0 Å². The fourth-order valence-electron chi connectivity index (χ4n) is 3.17. The molecule has 0 bridgehead atoms. The zero-order valence-electron chi connectivity index (χ0n) is 15.0. The lowest BCUT2D eigenvalue weighted by atomic mass is 10.1. The van der Waals surface area contributed by atoms with E-state index in [9.17, 15) is 18.5 Å². The molecule has 144 valence electrons. The number of hydrogen-bond acceptors (Lipinski definition) is 6. The molecule has 0 radical (unpaired) electrons. The maximum atomic E-state index is 13.3. The molecule has 27 heavy (non-hydrogen) atoms. The topological polar surface area (TPSA) is 99.0 Å². The number of ether oxygens (including phenoxy) is 2. The number of aryl methyl sites for hydroxylation is 1. The van der Waals surface area contributed by atoms with Crippen molar-refractivity contribution in [2.24, 2.45) is 0 Å². The Morgan fingerprint density at radius 1 is 1.07 bits per heavy atom. The molecule has 1 aliphatic heterocycles. The van der Waals surface area contributed by atoms with Crippen LogP contribution in [0.2, 0.25) is 0 Å². The number of hydrogen-bond donors (Lipinski definition) is 0. The fourth-order valence-corrected chi connectivity index (χ4v) is 4.74. The molecular formula is C18H20N2O6S. The van der Waals surface area contributed by atoms with Gasteiger partial charge in [0, 0.05) is 24.7 Å². The van der Waals surface area contributed by atoms with Crippen LogP contribution >= 0.6 is 0 Å². The maximum Gasteiger partial charge on any atom is 0.270 e. The molecule has 2 aromatic rings. The molecule has 0 spiro atoms. The summed E-state index contributed by atoms with van der Waals surface area (Å²) in [5.41, 5.74) is 1.08. The quantitative estimate of drug-likeness (QED) is 0.573. The van der Waals surface area contributed by atoms with Gasteiger partial charge < -0.3 is 9.47 Å². The van der Waals surface area contributed by atoms with E-state index in [4.69, 9.17) is 9.47 Å². The Hall–Kier alpha value is -2.81. The molecule has 9 heteroatoms. The first-order valence-electron chi connectivity index (χ1n) is 8.40. The second-order valence-electron chi connectivity index (χ2n) is 6.12. The van der Waals surface area contributed by atoms with E-state index in [0.29, 0.717) is 30.0 Å². The number of nitrogens with zero attached hydrogens (tertiary/aromatic N) is 2. The van der Waals surface area contributed by atoms with Crippen LogP contribution in [0.25, 0.3) is 0 Å². The predicted molar refractivity (Wildman–Crippen MR) is 100 cm³/mol. The van der Waals surface area contributed by atoms with Crippen molar-refractivity contribution in [3.8, 4) is 11.5 Å². The molecule has 1 aliphatic rings.